The van der Waals surface area contributed by atoms with Gasteiger partial charge < -0.3 is 16.4 Å². The van der Waals surface area contributed by atoms with Gasteiger partial charge >= 0.3 is 5.69 Å². The zero-order valence-corrected chi connectivity index (χ0v) is 14.8. The third-order valence-electron chi connectivity index (χ3n) is 4.88. The topological polar surface area (TPSA) is 99.3 Å². The molecule has 8 heteroatoms. The van der Waals surface area contributed by atoms with Gasteiger partial charge in [-0.1, -0.05) is 6.07 Å². The highest BCUT2D eigenvalue weighted by Gasteiger charge is 2.22. The Bertz CT molecular complexity index is 921. The van der Waals surface area contributed by atoms with Crippen molar-refractivity contribution in [2.24, 2.45) is 18.5 Å². The van der Waals surface area contributed by atoms with E-state index < -0.39 is 11.5 Å². The largest absolute Gasteiger partial charge is 0.356 e. The van der Waals surface area contributed by atoms with Crippen molar-refractivity contribution in [1.82, 2.24) is 9.13 Å². The second kappa shape index (κ2) is 7.43. The highest BCUT2D eigenvalue weighted by atomic mass is 19.1. The molecule has 2 aromatic rings. The first-order chi connectivity index (χ1) is 12.4. The van der Waals surface area contributed by atoms with Crippen molar-refractivity contribution in [3.8, 4) is 0 Å². The summed E-state index contributed by atoms with van der Waals surface area (Å²) in [6, 6.07) is 5.78. The van der Waals surface area contributed by atoms with E-state index in [1.807, 2.05) is 4.90 Å². The minimum atomic E-state index is -0.445. The van der Waals surface area contributed by atoms with E-state index in [-0.39, 0.29) is 24.7 Å². The fourth-order valence-electron chi connectivity index (χ4n) is 3.40. The van der Waals surface area contributed by atoms with Crippen LogP contribution in [0.2, 0.25) is 0 Å². The molecule has 0 spiro atoms. The average molecular weight is 361 g/mol. The molecule has 0 amide bonds. The number of anilines is 1. The number of piperidine rings is 1. The lowest BCUT2D eigenvalue weighted by Crippen LogP contribution is -2.47. The van der Waals surface area contributed by atoms with E-state index in [2.05, 4.69) is 0 Å². The van der Waals surface area contributed by atoms with Crippen molar-refractivity contribution in [2.75, 3.05) is 18.0 Å². The summed E-state index contributed by atoms with van der Waals surface area (Å²) in [5, 5.41) is 0. The Kier molecular flexibility index (Phi) is 5.24. The van der Waals surface area contributed by atoms with Crippen LogP contribution in [0.25, 0.3) is 0 Å². The normalized spacial score (nSPS) is 17.5. The molecule has 4 N–H and O–H groups in total. The molecule has 0 aliphatic carbocycles. The molecule has 1 aromatic heterocycles. The van der Waals surface area contributed by atoms with Crippen molar-refractivity contribution in [3.05, 3.63) is 62.0 Å². The maximum atomic E-state index is 13.7. The Hall–Kier alpha value is -2.45. The number of aromatic nitrogens is 2. The molecule has 0 radical (unpaired) electrons. The molecule has 0 saturated carbocycles. The number of halogens is 1. The Morgan fingerprint density at radius 2 is 2.00 bits per heavy atom. The van der Waals surface area contributed by atoms with E-state index in [0.29, 0.717) is 24.5 Å². The van der Waals surface area contributed by atoms with Crippen LogP contribution in [0.5, 0.6) is 0 Å². The van der Waals surface area contributed by atoms with E-state index in [0.717, 1.165) is 23.0 Å². The second-order valence-corrected chi connectivity index (χ2v) is 6.73. The maximum absolute atomic E-state index is 13.7. The highest BCUT2D eigenvalue weighted by molar-refractivity contribution is 5.41. The summed E-state index contributed by atoms with van der Waals surface area (Å²) >= 11 is 0. The van der Waals surface area contributed by atoms with Gasteiger partial charge in [0, 0.05) is 38.8 Å². The third kappa shape index (κ3) is 3.56. The monoisotopic (exact) mass is 361 g/mol. The zero-order chi connectivity index (χ0) is 18.8. The number of rotatable bonds is 4. The van der Waals surface area contributed by atoms with Crippen LogP contribution >= 0.6 is 0 Å². The summed E-state index contributed by atoms with van der Waals surface area (Å²) in [6.07, 6.45) is 1.80. The number of benzene rings is 1. The van der Waals surface area contributed by atoms with Gasteiger partial charge in [-0.05, 0) is 36.1 Å². The molecule has 1 aliphatic rings. The van der Waals surface area contributed by atoms with Gasteiger partial charge in [0.05, 0.1) is 6.54 Å². The standard InChI is InChI=1S/C18H24FN5O2/c1-22-17(25)8-16(23-6-2-3-15(21)11-23)24(18(22)26)10-13-7-14(19)5-4-12(13)9-20/h4-5,7-8,15H,2-3,6,9-11,20-21H2,1H3/t15-/m1/s1. The lowest BCUT2D eigenvalue weighted by molar-refractivity contribution is 0.491. The molecule has 1 fully saturated rings. The number of nitrogens with zero attached hydrogens (tertiary/aromatic N) is 3. The summed E-state index contributed by atoms with van der Waals surface area (Å²) in [5.74, 6) is 0.122. The highest BCUT2D eigenvalue weighted by Crippen LogP contribution is 2.19. The minimum absolute atomic E-state index is 0.00914. The summed E-state index contributed by atoms with van der Waals surface area (Å²) in [4.78, 5) is 26.9. The van der Waals surface area contributed by atoms with E-state index in [1.54, 1.807) is 6.07 Å². The van der Waals surface area contributed by atoms with Crippen LogP contribution < -0.4 is 27.6 Å². The lowest BCUT2D eigenvalue weighted by atomic mass is 10.1. The van der Waals surface area contributed by atoms with Crippen LogP contribution in [0.1, 0.15) is 24.0 Å². The maximum Gasteiger partial charge on any atom is 0.332 e. The minimum Gasteiger partial charge on any atom is -0.356 e. The lowest BCUT2D eigenvalue weighted by Gasteiger charge is -2.34. The van der Waals surface area contributed by atoms with Crippen LogP contribution in [0, 0.1) is 5.82 Å². The molecule has 7 nitrogen and oxygen atoms in total. The Morgan fingerprint density at radius 1 is 1.23 bits per heavy atom. The average Bonchev–Trinajstić information content (AvgIpc) is 2.62. The third-order valence-corrected chi connectivity index (χ3v) is 4.88. The van der Waals surface area contributed by atoms with Gasteiger partial charge in [0.25, 0.3) is 5.56 Å². The fraction of sp³-hybridized carbons (Fsp3) is 0.444. The number of nitrogens with two attached hydrogens (primary N) is 2. The van der Waals surface area contributed by atoms with Crippen LogP contribution in [0.15, 0.2) is 33.9 Å². The first kappa shape index (κ1) is 18.3. The fourth-order valence-corrected chi connectivity index (χ4v) is 3.40. The van der Waals surface area contributed by atoms with Crippen molar-refractivity contribution in [1.29, 1.82) is 0 Å². The molecule has 0 bridgehead atoms. The molecule has 0 unspecified atom stereocenters. The molecule has 1 aliphatic heterocycles. The molecule has 3 rings (SSSR count). The SMILES string of the molecule is Cn1c(=O)cc(N2CCC[C@@H](N)C2)n(Cc2cc(F)ccc2CN)c1=O. The number of hydrogen-bond acceptors (Lipinski definition) is 5. The van der Waals surface area contributed by atoms with Crippen LogP contribution in [-0.4, -0.2) is 28.3 Å². The van der Waals surface area contributed by atoms with Gasteiger partial charge in [-0.25, -0.2) is 9.18 Å². The molecular formula is C18H24FN5O2. The first-order valence-electron chi connectivity index (χ1n) is 8.69. The Balaban J connectivity index is 2.11. The molecule has 140 valence electrons. The van der Waals surface area contributed by atoms with Gasteiger partial charge in [0.2, 0.25) is 0 Å². The molecule has 1 atom stereocenters. The summed E-state index contributed by atoms with van der Waals surface area (Å²) < 4.78 is 16.3. The summed E-state index contributed by atoms with van der Waals surface area (Å²) in [7, 11) is 1.43. The summed E-state index contributed by atoms with van der Waals surface area (Å²) in [5.41, 5.74) is 12.4. The Morgan fingerprint density at radius 3 is 2.69 bits per heavy atom. The first-order valence-corrected chi connectivity index (χ1v) is 8.69. The zero-order valence-electron chi connectivity index (χ0n) is 14.8. The van der Waals surface area contributed by atoms with Gasteiger partial charge in [-0.15, -0.1) is 0 Å². The van der Waals surface area contributed by atoms with Crippen LogP contribution in [0.4, 0.5) is 10.2 Å². The predicted molar refractivity (Wildman–Crippen MR) is 98.8 cm³/mol. The predicted octanol–water partition coefficient (Wildman–Crippen LogP) is 0.121. The van der Waals surface area contributed by atoms with Gasteiger partial charge in [0.15, 0.2) is 0 Å². The molecular weight excluding hydrogens is 337 g/mol. The molecule has 26 heavy (non-hydrogen) atoms. The quantitative estimate of drug-likeness (QED) is 0.806. The molecule has 1 saturated heterocycles. The summed E-state index contributed by atoms with van der Waals surface area (Å²) in [6.45, 7) is 1.66. The van der Waals surface area contributed by atoms with E-state index in [1.165, 1.54) is 29.8 Å². The smallest absolute Gasteiger partial charge is 0.332 e. The molecule has 1 aromatic carbocycles. The van der Waals surface area contributed by atoms with E-state index in [9.17, 15) is 14.0 Å². The van der Waals surface area contributed by atoms with Crippen molar-refractivity contribution in [3.63, 3.8) is 0 Å². The number of hydrogen-bond donors (Lipinski definition) is 2. The molecule has 2 heterocycles. The van der Waals surface area contributed by atoms with Crippen molar-refractivity contribution >= 4 is 5.82 Å². The Labute approximate surface area is 150 Å². The van der Waals surface area contributed by atoms with Crippen LogP contribution in [0.3, 0.4) is 0 Å². The van der Waals surface area contributed by atoms with Gasteiger partial charge in [-0.3, -0.25) is 13.9 Å². The van der Waals surface area contributed by atoms with E-state index >= 15 is 0 Å². The van der Waals surface area contributed by atoms with Gasteiger partial charge in [-0.2, -0.15) is 0 Å². The van der Waals surface area contributed by atoms with E-state index in [4.69, 9.17) is 11.5 Å². The second-order valence-electron chi connectivity index (χ2n) is 6.73. The van der Waals surface area contributed by atoms with Crippen molar-refractivity contribution in [2.45, 2.75) is 32.0 Å². The van der Waals surface area contributed by atoms with Crippen molar-refractivity contribution < 1.29 is 4.39 Å². The van der Waals surface area contributed by atoms with Crippen LogP contribution in [-0.2, 0) is 20.1 Å². The van der Waals surface area contributed by atoms with Gasteiger partial charge in [0.1, 0.15) is 11.6 Å².